The molecular formula is C3H3N5. The molecule has 2 radical (unpaired) electrons. The third-order valence-corrected chi connectivity index (χ3v) is 0.572. The molecule has 0 aliphatic heterocycles. The molecule has 2 N–H and O–H groups in total. The quantitative estimate of drug-likeness (QED) is 0.458. The van der Waals surface area contributed by atoms with Crippen molar-refractivity contribution in [3.05, 3.63) is 6.33 Å². The number of rotatable bonds is 0. The SMILES string of the molecule is [NH]c1ncnc([NH])n1. The third kappa shape index (κ3) is 0.810. The van der Waals surface area contributed by atoms with Crippen LogP contribution in [0.2, 0.25) is 0 Å². The zero-order chi connectivity index (χ0) is 5.98. The summed E-state index contributed by atoms with van der Waals surface area (Å²) in [5, 5.41) is 0. The van der Waals surface area contributed by atoms with Gasteiger partial charge in [-0.2, -0.15) is 15.0 Å². The molecule has 0 fully saturated rings. The van der Waals surface area contributed by atoms with E-state index in [0.29, 0.717) is 0 Å². The lowest BCUT2D eigenvalue weighted by atomic mass is 10.9. The topological polar surface area (TPSA) is 86.3 Å². The van der Waals surface area contributed by atoms with Gasteiger partial charge in [0.15, 0.2) is 0 Å². The first-order valence-electron chi connectivity index (χ1n) is 1.91. The third-order valence-electron chi connectivity index (χ3n) is 0.572. The zero-order valence-electron chi connectivity index (χ0n) is 3.92. The van der Waals surface area contributed by atoms with E-state index < -0.39 is 0 Å². The smallest absolute Gasteiger partial charge is 0.246 e. The summed E-state index contributed by atoms with van der Waals surface area (Å²) in [5.74, 6) is -0.324. The maximum absolute atomic E-state index is 6.75. The maximum Gasteiger partial charge on any atom is 0.246 e. The predicted octanol–water partition coefficient (Wildman–Crippen LogP) is -0.300. The van der Waals surface area contributed by atoms with Gasteiger partial charge in [-0.15, -0.1) is 0 Å². The van der Waals surface area contributed by atoms with Gasteiger partial charge < -0.3 is 0 Å². The molecule has 0 aliphatic carbocycles. The number of hydrogen-bond acceptors (Lipinski definition) is 3. The Hall–Kier alpha value is -1.39. The first kappa shape index (κ1) is 4.76. The van der Waals surface area contributed by atoms with Crippen LogP contribution in [0.1, 0.15) is 0 Å². The van der Waals surface area contributed by atoms with E-state index >= 15 is 0 Å². The van der Waals surface area contributed by atoms with Gasteiger partial charge in [0.1, 0.15) is 6.33 Å². The minimum Gasteiger partial charge on any atom is -0.265 e. The van der Waals surface area contributed by atoms with Crippen LogP contribution in [0, 0.1) is 0 Å². The first-order valence-corrected chi connectivity index (χ1v) is 1.91. The number of hydrogen-bond donors (Lipinski definition) is 0. The molecule has 0 aromatic carbocycles. The standard InChI is InChI=1S/C3H3N5/c4-2-6-1-7-3(5)8-2/h1,4-5H. The molecule has 0 saturated carbocycles. The molecule has 5 heteroatoms. The summed E-state index contributed by atoms with van der Waals surface area (Å²) in [6.07, 6.45) is 1.14. The molecule has 40 valence electrons. The maximum atomic E-state index is 6.75. The second-order valence-corrected chi connectivity index (χ2v) is 1.13. The highest BCUT2D eigenvalue weighted by molar-refractivity contribution is 5.16. The van der Waals surface area contributed by atoms with E-state index in [9.17, 15) is 0 Å². The predicted molar refractivity (Wildman–Crippen MR) is 25.3 cm³/mol. The van der Waals surface area contributed by atoms with E-state index in [4.69, 9.17) is 11.5 Å². The summed E-state index contributed by atoms with van der Waals surface area (Å²) in [4.78, 5) is 10.0. The van der Waals surface area contributed by atoms with Crippen molar-refractivity contribution >= 4 is 11.9 Å². The van der Waals surface area contributed by atoms with Gasteiger partial charge in [0.25, 0.3) is 0 Å². The molecule has 1 rings (SSSR count). The van der Waals surface area contributed by atoms with E-state index in [1.807, 2.05) is 0 Å². The molecule has 1 aromatic heterocycles. The molecule has 8 heavy (non-hydrogen) atoms. The highest BCUT2D eigenvalue weighted by Crippen LogP contribution is 1.92. The van der Waals surface area contributed by atoms with Crippen molar-refractivity contribution < 1.29 is 0 Å². The van der Waals surface area contributed by atoms with Gasteiger partial charge in [-0.05, 0) is 0 Å². The van der Waals surface area contributed by atoms with Crippen LogP contribution in [-0.4, -0.2) is 15.0 Å². The lowest BCUT2D eigenvalue weighted by Gasteiger charge is -1.85. The molecule has 0 bridgehead atoms. The fourth-order valence-corrected chi connectivity index (χ4v) is 0.296. The summed E-state index contributed by atoms with van der Waals surface area (Å²) in [5.41, 5.74) is 13.5. The molecule has 5 nitrogen and oxygen atoms in total. The number of nitrogens with zero attached hydrogens (tertiary/aromatic N) is 3. The van der Waals surface area contributed by atoms with Gasteiger partial charge in [-0.1, -0.05) is 0 Å². The normalized spacial score (nSPS) is 9.00. The van der Waals surface area contributed by atoms with Crippen LogP contribution in [-0.2, 0) is 0 Å². The molecule has 0 unspecified atom stereocenters. The monoisotopic (exact) mass is 109 g/mol. The summed E-state index contributed by atoms with van der Waals surface area (Å²) >= 11 is 0. The highest BCUT2D eigenvalue weighted by atomic mass is 15.1. The van der Waals surface area contributed by atoms with Crippen molar-refractivity contribution in [3.63, 3.8) is 0 Å². The Balaban J connectivity index is 3.08. The van der Waals surface area contributed by atoms with Crippen LogP contribution in [0.3, 0.4) is 0 Å². The summed E-state index contributed by atoms with van der Waals surface area (Å²) in [6, 6.07) is 0. The van der Waals surface area contributed by atoms with Crippen LogP contribution in [0.15, 0.2) is 6.33 Å². The Bertz CT molecular complexity index is 168. The Morgan fingerprint density at radius 3 is 1.88 bits per heavy atom. The van der Waals surface area contributed by atoms with E-state index in [0.717, 1.165) is 6.33 Å². The van der Waals surface area contributed by atoms with E-state index in [2.05, 4.69) is 15.0 Å². The van der Waals surface area contributed by atoms with Gasteiger partial charge in [0.05, 0.1) is 0 Å². The van der Waals surface area contributed by atoms with Crippen molar-refractivity contribution in [3.8, 4) is 0 Å². The van der Waals surface area contributed by atoms with Crippen molar-refractivity contribution in [1.29, 1.82) is 0 Å². The Kier molecular flexibility index (Phi) is 0.957. The molecule has 0 aliphatic rings. The first-order chi connectivity index (χ1) is 3.79. The lowest BCUT2D eigenvalue weighted by Crippen LogP contribution is -1.87. The van der Waals surface area contributed by atoms with Gasteiger partial charge in [0, 0.05) is 0 Å². The largest absolute Gasteiger partial charge is 0.265 e. The second-order valence-electron chi connectivity index (χ2n) is 1.13. The van der Waals surface area contributed by atoms with Crippen LogP contribution in [0.4, 0.5) is 11.9 Å². The van der Waals surface area contributed by atoms with E-state index in [-0.39, 0.29) is 11.9 Å². The fraction of sp³-hybridized carbons (Fsp3) is 0. The molecule has 1 aromatic rings. The van der Waals surface area contributed by atoms with Gasteiger partial charge in [-0.25, -0.2) is 0 Å². The number of nitrogens with one attached hydrogen (secondary N) is 2. The van der Waals surface area contributed by atoms with Crippen molar-refractivity contribution in [2.75, 3.05) is 0 Å². The van der Waals surface area contributed by atoms with Crippen molar-refractivity contribution in [1.82, 2.24) is 26.4 Å². The zero-order valence-corrected chi connectivity index (χ0v) is 3.92. The van der Waals surface area contributed by atoms with Crippen molar-refractivity contribution in [2.45, 2.75) is 0 Å². The molecule has 0 spiro atoms. The Morgan fingerprint density at radius 1 is 1.12 bits per heavy atom. The molecule has 0 saturated heterocycles. The van der Waals surface area contributed by atoms with Crippen LogP contribution < -0.4 is 11.5 Å². The molecule has 0 atom stereocenters. The summed E-state index contributed by atoms with van der Waals surface area (Å²) < 4.78 is 0. The van der Waals surface area contributed by atoms with Crippen LogP contribution in [0.5, 0.6) is 0 Å². The van der Waals surface area contributed by atoms with Crippen LogP contribution >= 0.6 is 0 Å². The summed E-state index contributed by atoms with van der Waals surface area (Å²) in [7, 11) is 0. The second kappa shape index (κ2) is 1.61. The van der Waals surface area contributed by atoms with Crippen LogP contribution in [0.25, 0.3) is 0 Å². The van der Waals surface area contributed by atoms with E-state index in [1.165, 1.54) is 0 Å². The van der Waals surface area contributed by atoms with Gasteiger partial charge in [-0.3, -0.25) is 11.5 Å². The Labute approximate surface area is 45.8 Å². The number of aromatic nitrogens is 3. The average molecular weight is 109 g/mol. The minimum absolute atomic E-state index is 0.162. The lowest BCUT2D eigenvalue weighted by molar-refractivity contribution is 1.01. The summed E-state index contributed by atoms with van der Waals surface area (Å²) in [6.45, 7) is 0. The fourth-order valence-electron chi connectivity index (χ4n) is 0.296. The minimum atomic E-state index is -0.162. The molecule has 0 amide bonds. The van der Waals surface area contributed by atoms with Gasteiger partial charge in [0.2, 0.25) is 11.9 Å². The average Bonchev–Trinajstić information content (AvgIpc) is 1.64. The Morgan fingerprint density at radius 2 is 1.62 bits per heavy atom. The molecule has 1 heterocycles. The van der Waals surface area contributed by atoms with Crippen molar-refractivity contribution in [2.24, 2.45) is 0 Å². The highest BCUT2D eigenvalue weighted by Gasteiger charge is 1.88. The molecular weight excluding hydrogens is 106 g/mol. The van der Waals surface area contributed by atoms with Gasteiger partial charge >= 0.3 is 0 Å². The van der Waals surface area contributed by atoms with E-state index in [1.54, 1.807) is 0 Å².